The molecule has 1 aliphatic heterocycles. The van der Waals surface area contributed by atoms with Crippen LogP contribution in [0.25, 0.3) is 0 Å². The van der Waals surface area contributed by atoms with Crippen LogP contribution in [0.4, 0.5) is 0 Å². The van der Waals surface area contributed by atoms with E-state index in [-0.39, 0.29) is 17.9 Å². The Morgan fingerprint density at radius 2 is 1.95 bits per heavy atom. The molecule has 5 nitrogen and oxygen atoms in total. The molecular formula is C15H28N2O3. The number of nitrogens with zero attached hydrogens (tertiary/aromatic N) is 1. The van der Waals surface area contributed by atoms with Crippen molar-refractivity contribution in [2.24, 2.45) is 5.92 Å². The van der Waals surface area contributed by atoms with Crippen molar-refractivity contribution >= 4 is 11.8 Å². The van der Waals surface area contributed by atoms with Crippen molar-refractivity contribution in [3.05, 3.63) is 0 Å². The highest BCUT2D eigenvalue weighted by molar-refractivity contribution is 5.99. The Kier molecular flexibility index (Phi) is 5.57. The first kappa shape index (κ1) is 17.0. The van der Waals surface area contributed by atoms with E-state index < -0.39 is 11.6 Å². The molecule has 1 heterocycles. The van der Waals surface area contributed by atoms with Crippen LogP contribution >= 0.6 is 0 Å². The number of amides is 2. The molecule has 0 aliphatic carbocycles. The summed E-state index contributed by atoms with van der Waals surface area (Å²) in [4.78, 5) is 26.9. The van der Waals surface area contributed by atoms with Gasteiger partial charge in [-0.05, 0) is 32.6 Å². The largest absolute Gasteiger partial charge is 0.383 e. The summed E-state index contributed by atoms with van der Waals surface area (Å²) in [6, 6.07) is -0.528. The van der Waals surface area contributed by atoms with Crippen LogP contribution in [0, 0.1) is 5.92 Å². The topological polar surface area (TPSA) is 58.6 Å². The van der Waals surface area contributed by atoms with Gasteiger partial charge >= 0.3 is 0 Å². The van der Waals surface area contributed by atoms with Gasteiger partial charge in [0.15, 0.2) is 0 Å². The number of nitrogens with one attached hydrogen (secondary N) is 1. The average molecular weight is 284 g/mol. The molecule has 0 aromatic rings. The zero-order valence-electron chi connectivity index (χ0n) is 13.5. The van der Waals surface area contributed by atoms with Crippen LogP contribution in [0.2, 0.25) is 0 Å². The van der Waals surface area contributed by atoms with Crippen molar-refractivity contribution in [2.75, 3.05) is 13.7 Å². The standard InChI is InChI=1S/C15H28N2O3/c1-7-15(5)14(19)16-12(8-10(2)3)13(18)17(15)11(4)9-20-6/h10-12H,7-9H2,1-6H3,(H,16,19). The average Bonchev–Trinajstić information content (AvgIpc) is 2.36. The van der Waals surface area contributed by atoms with E-state index >= 15 is 0 Å². The second-order valence-corrected chi connectivity index (χ2v) is 6.30. The predicted octanol–water partition coefficient (Wildman–Crippen LogP) is 1.56. The lowest BCUT2D eigenvalue weighted by atomic mass is 9.87. The first-order valence-electron chi connectivity index (χ1n) is 7.41. The zero-order valence-corrected chi connectivity index (χ0v) is 13.5. The highest BCUT2D eigenvalue weighted by Gasteiger charge is 2.49. The van der Waals surface area contributed by atoms with E-state index in [1.54, 1.807) is 12.0 Å². The molecular weight excluding hydrogens is 256 g/mol. The number of piperazine rings is 1. The van der Waals surface area contributed by atoms with E-state index in [1.807, 2.05) is 20.8 Å². The summed E-state index contributed by atoms with van der Waals surface area (Å²) < 4.78 is 5.17. The summed E-state index contributed by atoms with van der Waals surface area (Å²) in [5.41, 5.74) is -0.789. The fourth-order valence-electron chi connectivity index (χ4n) is 2.88. The fourth-order valence-corrected chi connectivity index (χ4v) is 2.88. The Bertz CT molecular complexity index is 370. The molecule has 20 heavy (non-hydrogen) atoms. The van der Waals surface area contributed by atoms with Gasteiger partial charge in [-0.15, -0.1) is 0 Å². The smallest absolute Gasteiger partial charge is 0.246 e. The lowest BCUT2D eigenvalue weighted by Gasteiger charge is -2.49. The molecule has 5 heteroatoms. The van der Waals surface area contributed by atoms with Crippen LogP contribution in [0.1, 0.15) is 47.5 Å². The lowest BCUT2D eigenvalue weighted by Crippen LogP contribution is -2.71. The van der Waals surface area contributed by atoms with E-state index in [1.165, 1.54) is 0 Å². The molecule has 1 saturated heterocycles. The molecule has 1 rings (SSSR count). The van der Waals surface area contributed by atoms with E-state index in [0.29, 0.717) is 25.4 Å². The van der Waals surface area contributed by atoms with Gasteiger partial charge < -0.3 is 15.0 Å². The molecule has 2 amide bonds. The second-order valence-electron chi connectivity index (χ2n) is 6.30. The number of methoxy groups -OCH3 is 1. The van der Waals surface area contributed by atoms with Gasteiger partial charge in [0, 0.05) is 7.11 Å². The maximum Gasteiger partial charge on any atom is 0.246 e. The van der Waals surface area contributed by atoms with E-state index in [0.717, 1.165) is 0 Å². The third-order valence-corrected chi connectivity index (χ3v) is 4.11. The Hall–Kier alpha value is -1.10. The molecule has 1 fully saturated rings. The minimum atomic E-state index is -0.789. The zero-order chi connectivity index (χ0) is 15.5. The maximum absolute atomic E-state index is 12.8. The molecule has 0 aromatic heterocycles. The number of ether oxygens (including phenoxy) is 1. The van der Waals surface area contributed by atoms with Crippen LogP contribution < -0.4 is 5.32 Å². The van der Waals surface area contributed by atoms with Gasteiger partial charge in [-0.2, -0.15) is 0 Å². The summed E-state index contributed by atoms with van der Waals surface area (Å²) in [5, 5.41) is 2.89. The number of hydrogen-bond acceptors (Lipinski definition) is 3. The van der Waals surface area contributed by atoms with Gasteiger partial charge in [0.25, 0.3) is 0 Å². The van der Waals surface area contributed by atoms with Gasteiger partial charge in [0.05, 0.1) is 12.6 Å². The van der Waals surface area contributed by atoms with Crippen LogP contribution in [0.3, 0.4) is 0 Å². The van der Waals surface area contributed by atoms with E-state index in [4.69, 9.17) is 4.74 Å². The minimum Gasteiger partial charge on any atom is -0.383 e. The van der Waals surface area contributed by atoms with Gasteiger partial charge in [-0.3, -0.25) is 9.59 Å². The van der Waals surface area contributed by atoms with E-state index in [2.05, 4.69) is 19.2 Å². The van der Waals surface area contributed by atoms with Crippen molar-refractivity contribution in [2.45, 2.75) is 65.1 Å². The molecule has 0 aromatic carbocycles. The molecule has 0 saturated carbocycles. The summed E-state index contributed by atoms with van der Waals surface area (Å²) in [7, 11) is 1.61. The number of hydrogen-bond donors (Lipinski definition) is 1. The number of carbonyl (C=O) groups excluding carboxylic acids is 2. The minimum absolute atomic E-state index is 0.00667. The maximum atomic E-state index is 12.8. The van der Waals surface area contributed by atoms with Gasteiger partial charge in [-0.1, -0.05) is 20.8 Å². The molecule has 3 unspecified atom stereocenters. The number of carbonyl (C=O) groups is 2. The molecule has 0 spiro atoms. The van der Waals surface area contributed by atoms with Crippen LogP contribution in [0.15, 0.2) is 0 Å². The third kappa shape index (κ3) is 3.14. The van der Waals surface area contributed by atoms with Gasteiger partial charge in [0.1, 0.15) is 11.6 Å². The Balaban J connectivity index is 3.08. The summed E-state index contributed by atoms with van der Waals surface area (Å²) in [6.07, 6.45) is 1.26. The highest BCUT2D eigenvalue weighted by Crippen LogP contribution is 2.29. The SMILES string of the molecule is CCC1(C)C(=O)NC(CC(C)C)C(=O)N1C(C)COC. The highest BCUT2D eigenvalue weighted by atomic mass is 16.5. The van der Waals surface area contributed by atoms with Crippen LogP contribution in [-0.4, -0.2) is 48.1 Å². The first-order valence-corrected chi connectivity index (χ1v) is 7.41. The predicted molar refractivity (Wildman–Crippen MR) is 78.3 cm³/mol. The number of rotatable bonds is 6. The van der Waals surface area contributed by atoms with Crippen molar-refractivity contribution in [3.8, 4) is 0 Å². The molecule has 0 radical (unpaired) electrons. The summed E-state index contributed by atoms with van der Waals surface area (Å²) in [6.45, 7) is 10.2. The molecule has 3 atom stereocenters. The first-order chi connectivity index (χ1) is 9.27. The summed E-state index contributed by atoms with van der Waals surface area (Å²) >= 11 is 0. The second kappa shape index (κ2) is 6.57. The van der Waals surface area contributed by atoms with Crippen LogP contribution in [0.5, 0.6) is 0 Å². The van der Waals surface area contributed by atoms with Crippen molar-refractivity contribution in [1.82, 2.24) is 10.2 Å². The Morgan fingerprint density at radius 3 is 2.40 bits per heavy atom. The van der Waals surface area contributed by atoms with Crippen molar-refractivity contribution < 1.29 is 14.3 Å². The molecule has 0 bridgehead atoms. The molecule has 1 aliphatic rings. The van der Waals surface area contributed by atoms with Crippen molar-refractivity contribution in [1.29, 1.82) is 0 Å². The monoisotopic (exact) mass is 284 g/mol. The fraction of sp³-hybridized carbons (Fsp3) is 0.867. The van der Waals surface area contributed by atoms with Crippen LogP contribution in [-0.2, 0) is 14.3 Å². The summed E-state index contributed by atoms with van der Waals surface area (Å²) in [5.74, 6) is 0.301. The van der Waals surface area contributed by atoms with Crippen molar-refractivity contribution in [3.63, 3.8) is 0 Å². The third-order valence-electron chi connectivity index (χ3n) is 4.11. The normalized spacial score (nSPS) is 28.8. The Morgan fingerprint density at radius 1 is 1.35 bits per heavy atom. The lowest BCUT2D eigenvalue weighted by molar-refractivity contribution is -0.161. The molecule has 1 N–H and O–H groups in total. The van der Waals surface area contributed by atoms with Gasteiger partial charge in [0.2, 0.25) is 11.8 Å². The van der Waals surface area contributed by atoms with E-state index in [9.17, 15) is 9.59 Å². The molecule has 116 valence electrons. The quantitative estimate of drug-likeness (QED) is 0.805. The van der Waals surface area contributed by atoms with Gasteiger partial charge in [-0.25, -0.2) is 0 Å². The Labute approximate surface area is 122 Å².